The number of benzene rings is 2. The highest BCUT2D eigenvalue weighted by Crippen LogP contribution is 2.47. The summed E-state index contributed by atoms with van der Waals surface area (Å²) in [6, 6.07) is 9.14. The molecular formula is C34H37ClFN7O2. The standard InChI is InChI=1S/C34H37ClFN7O2/c1-3-29(44)43-17-16-42(19-24(43)18-37-2)32-25-10-15-41(28-7-4-6-23-8-9-26(36)31(35)30(23)28)20-27(25)38-33(39-32)45-22-34(11-12-34)21-40-13-5-14-40/h3-4,6-9,24H,1,5,10-22H2/t24-/m0/s1. The molecule has 7 rings (SSSR count). The minimum absolute atomic E-state index is 0.121. The number of amides is 1. The van der Waals surface area contributed by atoms with Crippen molar-refractivity contribution in [3.05, 3.63) is 76.5 Å². The number of fused-ring (bicyclic) bond motifs is 2. The van der Waals surface area contributed by atoms with Crippen molar-refractivity contribution in [3.8, 4) is 6.01 Å². The SMILES string of the molecule is [C-]#[N+]C[C@H]1CN(c2nc(OCC3(CN4CCC4)CC3)nc3c2CCN(c2cccc4ccc(F)c(Cl)c24)C3)CCN1C(=O)C=C. The maximum atomic E-state index is 14.6. The Morgan fingerprint density at radius 2 is 2.00 bits per heavy atom. The summed E-state index contributed by atoms with van der Waals surface area (Å²) in [7, 11) is 0. The number of rotatable bonds is 9. The highest BCUT2D eigenvalue weighted by molar-refractivity contribution is 6.36. The maximum absolute atomic E-state index is 14.6. The quantitative estimate of drug-likeness (QED) is 0.245. The van der Waals surface area contributed by atoms with E-state index in [0.717, 1.165) is 60.6 Å². The molecular weight excluding hydrogens is 593 g/mol. The number of hydrogen-bond acceptors (Lipinski definition) is 7. The summed E-state index contributed by atoms with van der Waals surface area (Å²) >= 11 is 6.51. The molecule has 1 aliphatic carbocycles. The monoisotopic (exact) mass is 629 g/mol. The van der Waals surface area contributed by atoms with Gasteiger partial charge in [-0.05, 0) is 62.4 Å². The molecule has 0 spiro atoms. The van der Waals surface area contributed by atoms with Gasteiger partial charge in [-0.25, -0.2) is 11.0 Å². The predicted molar refractivity (Wildman–Crippen MR) is 173 cm³/mol. The van der Waals surface area contributed by atoms with Crippen LogP contribution in [0.1, 0.15) is 30.5 Å². The van der Waals surface area contributed by atoms with Crippen molar-refractivity contribution >= 4 is 39.8 Å². The van der Waals surface area contributed by atoms with E-state index in [9.17, 15) is 9.18 Å². The molecule has 1 atom stereocenters. The van der Waals surface area contributed by atoms with Crippen LogP contribution in [0.4, 0.5) is 15.9 Å². The van der Waals surface area contributed by atoms with E-state index in [1.807, 2.05) is 18.2 Å². The molecule has 11 heteroatoms. The average Bonchev–Trinajstić information content (AvgIpc) is 3.82. The van der Waals surface area contributed by atoms with Crippen molar-refractivity contribution in [2.24, 2.45) is 5.41 Å². The Morgan fingerprint density at radius 3 is 2.73 bits per heavy atom. The molecule has 1 aromatic heterocycles. The van der Waals surface area contributed by atoms with Gasteiger partial charge in [-0.3, -0.25) is 4.79 Å². The first-order valence-corrected chi connectivity index (χ1v) is 16.1. The average molecular weight is 630 g/mol. The summed E-state index contributed by atoms with van der Waals surface area (Å²) in [4.78, 5) is 34.8. The van der Waals surface area contributed by atoms with E-state index in [1.165, 1.54) is 18.6 Å². The van der Waals surface area contributed by atoms with Gasteiger partial charge in [-0.15, -0.1) is 0 Å². The zero-order chi connectivity index (χ0) is 31.1. The Balaban J connectivity index is 1.21. The first-order valence-electron chi connectivity index (χ1n) is 15.8. The number of hydrogen-bond donors (Lipinski definition) is 0. The molecule has 4 heterocycles. The Hall–Kier alpha value is -3.94. The summed E-state index contributed by atoms with van der Waals surface area (Å²) in [6.45, 7) is 18.0. The largest absolute Gasteiger partial charge is 0.463 e. The van der Waals surface area contributed by atoms with Gasteiger partial charge in [-0.2, -0.15) is 9.97 Å². The molecule has 45 heavy (non-hydrogen) atoms. The molecule has 0 unspecified atom stereocenters. The lowest BCUT2D eigenvalue weighted by Gasteiger charge is -2.41. The normalized spacial score (nSPS) is 20.7. The number of aromatic nitrogens is 2. The maximum Gasteiger partial charge on any atom is 0.318 e. The fourth-order valence-electron chi connectivity index (χ4n) is 6.95. The van der Waals surface area contributed by atoms with Crippen LogP contribution in [-0.4, -0.2) is 90.7 Å². The summed E-state index contributed by atoms with van der Waals surface area (Å²) in [5, 5.41) is 1.70. The molecule has 3 fully saturated rings. The molecule has 3 aliphatic heterocycles. The molecule has 2 saturated heterocycles. The fraction of sp³-hybridized carbons (Fsp3) is 0.471. The molecule has 9 nitrogen and oxygen atoms in total. The van der Waals surface area contributed by atoms with E-state index in [2.05, 4.69) is 26.1 Å². The van der Waals surface area contributed by atoms with Crippen LogP contribution in [0.2, 0.25) is 5.02 Å². The van der Waals surface area contributed by atoms with Crippen LogP contribution in [-0.2, 0) is 17.8 Å². The first kappa shape index (κ1) is 29.8. The van der Waals surface area contributed by atoms with E-state index in [1.54, 1.807) is 11.0 Å². The molecule has 4 aliphatic rings. The lowest BCUT2D eigenvalue weighted by Crippen LogP contribution is -2.56. The number of carbonyl (C=O) groups is 1. The number of nitrogens with zero attached hydrogens (tertiary/aromatic N) is 7. The third-order valence-corrected chi connectivity index (χ3v) is 10.2. The van der Waals surface area contributed by atoms with Crippen LogP contribution in [0.3, 0.4) is 0 Å². The Morgan fingerprint density at radius 1 is 1.16 bits per heavy atom. The van der Waals surface area contributed by atoms with Crippen molar-refractivity contribution in [2.45, 2.75) is 38.3 Å². The van der Waals surface area contributed by atoms with E-state index < -0.39 is 5.82 Å². The van der Waals surface area contributed by atoms with Gasteiger partial charge in [0.25, 0.3) is 0 Å². The minimum Gasteiger partial charge on any atom is -0.463 e. The molecule has 0 bridgehead atoms. The minimum atomic E-state index is -0.440. The van der Waals surface area contributed by atoms with E-state index in [0.29, 0.717) is 57.1 Å². The number of carbonyl (C=O) groups excluding carboxylic acids is 1. The van der Waals surface area contributed by atoms with Crippen LogP contribution in [0.5, 0.6) is 6.01 Å². The van der Waals surface area contributed by atoms with Crippen LogP contribution in [0.15, 0.2) is 43.0 Å². The second-order valence-corrected chi connectivity index (χ2v) is 13.1. The predicted octanol–water partition coefficient (Wildman–Crippen LogP) is 4.97. The number of halogens is 2. The Labute approximate surface area is 268 Å². The van der Waals surface area contributed by atoms with E-state index >= 15 is 0 Å². The highest BCUT2D eigenvalue weighted by Gasteiger charge is 2.46. The smallest absolute Gasteiger partial charge is 0.318 e. The van der Waals surface area contributed by atoms with Gasteiger partial charge in [0.1, 0.15) is 17.7 Å². The second kappa shape index (κ2) is 12.1. The topological polar surface area (TPSA) is 69.4 Å². The number of piperazine rings is 1. The Kier molecular flexibility index (Phi) is 8.00. The molecule has 234 valence electrons. The molecule has 2 aromatic carbocycles. The van der Waals surface area contributed by atoms with Gasteiger partial charge in [0.05, 0.1) is 23.9 Å². The van der Waals surface area contributed by atoms with Gasteiger partial charge >= 0.3 is 6.01 Å². The third-order valence-electron chi connectivity index (χ3n) is 9.79. The van der Waals surface area contributed by atoms with Gasteiger partial charge < -0.3 is 29.2 Å². The zero-order valence-corrected chi connectivity index (χ0v) is 26.1. The first-order chi connectivity index (χ1) is 21.9. The lowest BCUT2D eigenvalue weighted by atomic mass is 10.0. The van der Waals surface area contributed by atoms with Gasteiger partial charge in [-0.1, -0.05) is 36.4 Å². The van der Waals surface area contributed by atoms with Gasteiger partial charge in [0, 0.05) is 54.8 Å². The van der Waals surface area contributed by atoms with Crippen molar-refractivity contribution in [1.29, 1.82) is 0 Å². The van der Waals surface area contributed by atoms with Crippen LogP contribution in [0, 0.1) is 17.8 Å². The second-order valence-electron chi connectivity index (χ2n) is 12.8. The van der Waals surface area contributed by atoms with E-state index in [4.69, 9.17) is 32.9 Å². The van der Waals surface area contributed by atoms with Crippen LogP contribution >= 0.6 is 11.6 Å². The number of likely N-dealkylation sites (tertiary alicyclic amines) is 1. The van der Waals surface area contributed by atoms with Crippen molar-refractivity contribution < 1.29 is 13.9 Å². The summed E-state index contributed by atoms with van der Waals surface area (Å²) < 4.78 is 21.0. The summed E-state index contributed by atoms with van der Waals surface area (Å²) in [6.07, 6.45) is 5.54. The van der Waals surface area contributed by atoms with E-state index in [-0.39, 0.29) is 28.9 Å². The molecule has 0 radical (unpaired) electrons. The van der Waals surface area contributed by atoms with Gasteiger partial charge in [0.2, 0.25) is 12.5 Å². The summed E-state index contributed by atoms with van der Waals surface area (Å²) in [5.41, 5.74) is 2.94. The van der Waals surface area contributed by atoms with Gasteiger partial charge in [0.15, 0.2) is 0 Å². The molecule has 3 aromatic rings. The third kappa shape index (κ3) is 5.80. The lowest BCUT2D eigenvalue weighted by molar-refractivity contribution is -0.128. The summed E-state index contributed by atoms with van der Waals surface area (Å²) in [5.74, 6) is 0.212. The van der Waals surface area contributed by atoms with Crippen molar-refractivity contribution in [1.82, 2.24) is 19.8 Å². The molecule has 1 saturated carbocycles. The zero-order valence-electron chi connectivity index (χ0n) is 25.4. The van der Waals surface area contributed by atoms with Crippen LogP contribution in [0.25, 0.3) is 15.6 Å². The molecule has 1 amide bonds. The Bertz CT molecular complexity index is 1690. The van der Waals surface area contributed by atoms with Crippen molar-refractivity contribution in [3.63, 3.8) is 0 Å². The fourth-order valence-corrected chi connectivity index (χ4v) is 7.22. The highest BCUT2D eigenvalue weighted by atomic mass is 35.5. The van der Waals surface area contributed by atoms with Crippen molar-refractivity contribution in [2.75, 3.05) is 68.8 Å². The number of anilines is 2. The molecule has 0 N–H and O–H groups in total. The number of ether oxygens (including phenoxy) is 1. The van der Waals surface area contributed by atoms with Crippen LogP contribution < -0.4 is 14.5 Å².